The zero-order valence-electron chi connectivity index (χ0n) is 20.4. The molecule has 1 aliphatic rings. The molecule has 6 nitrogen and oxygen atoms in total. The van der Waals surface area contributed by atoms with Crippen LogP contribution in [0.4, 0.5) is 19.1 Å². The number of hydrogen-bond acceptors (Lipinski definition) is 5. The van der Waals surface area contributed by atoms with Crippen LogP contribution >= 0.6 is 23.4 Å². The van der Waals surface area contributed by atoms with Crippen molar-refractivity contribution in [1.82, 2.24) is 19.5 Å². The number of nitrogens with zero attached hydrogens (tertiary/aromatic N) is 4. The number of alkyl halides is 3. The first kappa shape index (κ1) is 25.5. The summed E-state index contributed by atoms with van der Waals surface area (Å²) in [5.74, 6) is 1.03. The van der Waals surface area contributed by atoms with Crippen molar-refractivity contribution in [3.63, 3.8) is 0 Å². The molecule has 0 bridgehead atoms. The van der Waals surface area contributed by atoms with Crippen molar-refractivity contribution in [3.8, 4) is 5.69 Å². The topological polar surface area (TPSA) is 66.8 Å². The summed E-state index contributed by atoms with van der Waals surface area (Å²) in [6.07, 6.45) is -3.97. The van der Waals surface area contributed by atoms with Crippen LogP contribution in [0.3, 0.4) is 0 Å². The number of aromatic nitrogens is 4. The molecule has 198 valence electrons. The maximum Gasteiger partial charge on any atom is 0.416 e. The molecule has 0 spiro atoms. The fourth-order valence-electron chi connectivity index (χ4n) is 4.62. The SMILES string of the molecule is O=c1c2c(nc(SCc3ccccc3)n1-c1ccccc1Cl)CCN(c1nc3ccc(C(F)(F)F)cc3[nH]1)C2. The number of nitrogens with one attached hydrogen (secondary N) is 1. The minimum atomic E-state index is -4.45. The van der Waals surface area contributed by atoms with Gasteiger partial charge in [0.15, 0.2) is 5.16 Å². The van der Waals surface area contributed by atoms with E-state index < -0.39 is 11.7 Å². The fourth-order valence-corrected chi connectivity index (χ4v) is 5.82. The number of aromatic amines is 1. The van der Waals surface area contributed by atoms with Crippen molar-refractivity contribution in [2.24, 2.45) is 0 Å². The maximum absolute atomic E-state index is 14.0. The van der Waals surface area contributed by atoms with E-state index in [0.717, 1.165) is 17.7 Å². The van der Waals surface area contributed by atoms with Crippen molar-refractivity contribution < 1.29 is 13.2 Å². The molecule has 5 aromatic rings. The van der Waals surface area contributed by atoms with Crippen molar-refractivity contribution in [1.29, 1.82) is 0 Å². The van der Waals surface area contributed by atoms with E-state index in [9.17, 15) is 18.0 Å². The molecule has 1 aliphatic heterocycles. The van der Waals surface area contributed by atoms with E-state index in [1.54, 1.807) is 22.8 Å². The van der Waals surface area contributed by atoms with Gasteiger partial charge in [-0.05, 0) is 35.9 Å². The lowest BCUT2D eigenvalue weighted by atomic mass is 10.1. The highest BCUT2D eigenvalue weighted by atomic mass is 35.5. The second-order valence-corrected chi connectivity index (χ2v) is 10.5. The summed E-state index contributed by atoms with van der Waals surface area (Å²) < 4.78 is 41.1. The summed E-state index contributed by atoms with van der Waals surface area (Å²) in [6, 6.07) is 20.5. The Bertz CT molecular complexity index is 1740. The maximum atomic E-state index is 14.0. The smallest absolute Gasteiger partial charge is 0.337 e. The van der Waals surface area contributed by atoms with E-state index in [0.29, 0.717) is 57.3 Å². The molecule has 0 aliphatic carbocycles. The Morgan fingerprint density at radius 2 is 1.77 bits per heavy atom. The van der Waals surface area contributed by atoms with Gasteiger partial charge < -0.3 is 9.88 Å². The quantitative estimate of drug-likeness (QED) is 0.191. The van der Waals surface area contributed by atoms with E-state index in [-0.39, 0.29) is 17.6 Å². The minimum absolute atomic E-state index is 0.210. The van der Waals surface area contributed by atoms with Crippen LogP contribution in [0, 0.1) is 0 Å². The fraction of sp³-hybridized carbons (Fsp3) is 0.179. The van der Waals surface area contributed by atoms with E-state index in [1.165, 1.54) is 17.8 Å². The van der Waals surface area contributed by atoms with E-state index in [1.807, 2.05) is 41.3 Å². The molecule has 0 saturated heterocycles. The van der Waals surface area contributed by atoms with Crippen LogP contribution < -0.4 is 10.5 Å². The van der Waals surface area contributed by atoms with Crippen LogP contribution in [0.25, 0.3) is 16.7 Å². The minimum Gasteiger partial charge on any atom is -0.337 e. The highest BCUT2D eigenvalue weighted by Crippen LogP contribution is 2.33. The molecular weight excluding hydrogens is 547 g/mol. The Morgan fingerprint density at radius 1 is 1.00 bits per heavy atom. The monoisotopic (exact) mass is 567 g/mol. The Morgan fingerprint density at radius 3 is 2.54 bits per heavy atom. The zero-order valence-corrected chi connectivity index (χ0v) is 21.9. The first-order chi connectivity index (χ1) is 18.8. The molecule has 0 radical (unpaired) electrons. The number of rotatable bonds is 5. The summed E-state index contributed by atoms with van der Waals surface area (Å²) in [4.78, 5) is 28.2. The number of thioether (sulfide) groups is 1. The average molecular weight is 568 g/mol. The number of halogens is 4. The van der Waals surface area contributed by atoms with Crippen molar-refractivity contribution >= 4 is 40.3 Å². The van der Waals surface area contributed by atoms with Gasteiger partial charge >= 0.3 is 6.18 Å². The van der Waals surface area contributed by atoms with Gasteiger partial charge in [0, 0.05) is 18.7 Å². The normalized spacial score (nSPS) is 13.6. The summed E-state index contributed by atoms with van der Waals surface area (Å²) in [5, 5.41) is 0.973. The van der Waals surface area contributed by atoms with Gasteiger partial charge in [0.25, 0.3) is 5.56 Å². The molecule has 39 heavy (non-hydrogen) atoms. The molecule has 11 heteroatoms. The Kier molecular flexibility index (Phi) is 6.60. The van der Waals surface area contributed by atoms with E-state index in [4.69, 9.17) is 16.6 Å². The highest BCUT2D eigenvalue weighted by molar-refractivity contribution is 7.98. The third-order valence-corrected chi connectivity index (χ3v) is 7.93. The lowest BCUT2D eigenvalue weighted by Crippen LogP contribution is -2.38. The molecule has 0 atom stereocenters. The number of fused-ring (bicyclic) bond motifs is 2. The third kappa shape index (κ3) is 5.02. The highest BCUT2D eigenvalue weighted by Gasteiger charge is 2.31. The van der Waals surface area contributed by atoms with Gasteiger partial charge in [-0.2, -0.15) is 13.2 Å². The Balaban J connectivity index is 1.38. The number of hydrogen-bond donors (Lipinski definition) is 1. The Labute approximate surface area is 230 Å². The average Bonchev–Trinajstić information content (AvgIpc) is 3.36. The molecule has 0 fully saturated rings. The van der Waals surface area contributed by atoms with Crippen molar-refractivity contribution in [3.05, 3.63) is 111 Å². The van der Waals surface area contributed by atoms with Crippen LogP contribution in [0.2, 0.25) is 5.02 Å². The van der Waals surface area contributed by atoms with Crippen molar-refractivity contribution in [2.45, 2.75) is 30.1 Å². The molecular formula is C28H21ClF3N5OS. The summed E-state index contributed by atoms with van der Waals surface area (Å²) in [7, 11) is 0. The summed E-state index contributed by atoms with van der Waals surface area (Å²) in [5.41, 5.74) is 2.56. The van der Waals surface area contributed by atoms with E-state index in [2.05, 4.69) is 9.97 Å². The number of H-pyrrole nitrogens is 1. The first-order valence-electron chi connectivity index (χ1n) is 12.2. The van der Waals surface area contributed by atoms with Gasteiger partial charge in [0.05, 0.1) is 45.1 Å². The third-order valence-electron chi connectivity index (χ3n) is 6.60. The van der Waals surface area contributed by atoms with Gasteiger partial charge in [-0.3, -0.25) is 9.36 Å². The zero-order chi connectivity index (χ0) is 27.1. The largest absolute Gasteiger partial charge is 0.416 e. The molecule has 0 amide bonds. The standard InChI is InChI=1S/C28H21ClF3N5OS/c29-20-8-4-5-9-24(20)37-25(38)19-15-36(26-33-22-11-10-18(28(30,31)32)14-23(22)34-26)13-12-21(19)35-27(37)39-16-17-6-2-1-3-7-17/h1-11,14H,12-13,15-16H2,(H,33,34). The lowest BCUT2D eigenvalue weighted by molar-refractivity contribution is -0.137. The molecule has 6 rings (SSSR count). The second-order valence-electron chi connectivity index (χ2n) is 9.15. The summed E-state index contributed by atoms with van der Waals surface area (Å²) >= 11 is 7.98. The number of para-hydroxylation sites is 1. The molecule has 3 aromatic carbocycles. The van der Waals surface area contributed by atoms with Gasteiger partial charge in [-0.15, -0.1) is 0 Å². The van der Waals surface area contributed by atoms with Crippen LogP contribution in [0.5, 0.6) is 0 Å². The lowest BCUT2D eigenvalue weighted by Gasteiger charge is -2.28. The summed E-state index contributed by atoms with van der Waals surface area (Å²) in [6.45, 7) is 0.714. The second kappa shape index (κ2) is 10.1. The van der Waals surface area contributed by atoms with Crippen LogP contribution in [0.15, 0.2) is 82.7 Å². The van der Waals surface area contributed by atoms with Crippen LogP contribution in [-0.2, 0) is 24.9 Å². The van der Waals surface area contributed by atoms with Gasteiger partial charge in [-0.25, -0.2) is 9.97 Å². The molecule has 0 saturated carbocycles. The van der Waals surface area contributed by atoms with Gasteiger partial charge in [0.2, 0.25) is 5.95 Å². The predicted octanol–water partition coefficient (Wildman–Crippen LogP) is 6.64. The van der Waals surface area contributed by atoms with E-state index >= 15 is 0 Å². The van der Waals surface area contributed by atoms with Crippen LogP contribution in [-0.4, -0.2) is 26.1 Å². The van der Waals surface area contributed by atoms with Crippen molar-refractivity contribution in [2.75, 3.05) is 11.4 Å². The Hall–Kier alpha value is -3.76. The molecule has 2 aromatic heterocycles. The molecule has 3 heterocycles. The number of benzene rings is 3. The number of anilines is 1. The molecule has 1 N–H and O–H groups in total. The number of imidazole rings is 1. The van der Waals surface area contributed by atoms with Crippen LogP contribution in [0.1, 0.15) is 22.4 Å². The van der Waals surface area contributed by atoms with Gasteiger partial charge in [0.1, 0.15) is 0 Å². The van der Waals surface area contributed by atoms with Gasteiger partial charge in [-0.1, -0.05) is 65.8 Å². The molecule has 0 unspecified atom stereocenters. The first-order valence-corrected chi connectivity index (χ1v) is 13.5. The predicted molar refractivity (Wildman–Crippen MR) is 147 cm³/mol.